The molecule has 0 radical (unpaired) electrons. The molecule has 0 aromatic carbocycles. The second kappa shape index (κ2) is 4.10. The van der Waals surface area contributed by atoms with E-state index in [4.69, 9.17) is 4.74 Å². The number of hydrogen-bond donors (Lipinski definition) is 0. The summed E-state index contributed by atoms with van der Waals surface area (Å²) in [5, 5.41) is 0. The minimum absolute atomic E-state index is 0.528. The molecule has 0 N–H and O–H groups in total. The summed E-state index contributed by atoms with van der Waals surface area (Å²) in [5.41, 5.74) is 0. The van der Waals surface area contributed by atoms with E-state index in [1.54, 1.807) is 0 Å². The third-order valence-electron chi connectivity index (χ3n) is 2.63. The molecule has 0 aromatic heterocycles. The van der Waals surface area contributed by atoms with E-state index >= 15 is 0 Å². The van der Waals surface area contributed by atoms with Gasteiger partial charge in [0.15, 0.2) is 0 Å². The molecule has 1 nitrogen and oxygen atoms in total. The van der Waals surface area contributed by atoms with Crippen LogP contribution in [-0.2, 0) is 4.74 Å². The second-order valence-corrected chi connectivity index (χ2v) is 4.12. The van der Waals surface area contributed by atoms with Gasteiger partial charge in [-0.2, -0.15) is 0 Å². The van der Waals surface area contributed by atoms with Gasteiger partial charge in [0.1, 0.15) is 0 Å². The first-order valence-electron chi connectivity index (χ1n) is 4.81. The molecule has 0 saturated carbocycles. The first-order chi connectivity index (χ1) is 5.20. The summed E-state index contributed by atoms with van der Waals surface area (Å²) in [7, 11) is 0. The molecule has 1 aliphatic heterocycles. The van der Waals surface area contributed by atoms with Crippen LogP contribution in [0.25, 0.3) is 0 Å². The Labute approximate surface area is 70.1 Å². The van der Waals surface area contributed by atoms with Crippen molar-refractivity contribution in [3.8, 4) is 0 Å². The minimum Gasteiger partial charge on any atom is -0.378 e. The molecule has 1 heterocycles. The zero-order chi connectivity index (χ0) is 8.27. The van der Waals surface area contributed by atoms with E-state index in [0.29, 0.717) is 12.0 Å². The molecule has 1 heteroatoms. The van der Waals surface area contributed by atoms with Crippen molar-refractivity contribution in [2.45, 2.75) is 46.1 Å². The van der Waals surface area contributed by atoms with Gasteiger partial charge in [-0.25, -0.2) is 0 Å². The molecule has 0 aliphatic carbocycles. The number of hydrogen-bond acceptors (Lipinski definition) is 1. The Balaban J connectivity index is 2.34. The van der Waals surface area contributed by atoms with E-state index in [9.17, 15) is 0 Å². The monoisotopic (exact) mass is 156 g/mol. The molecule has 66 valence electrons. The van der Waals surface area contributed by atoms with Gasteiger partial charge >= 0.3 is 0 Å². The molecule has 0 spiro atoms. The second-order valence-electron chi connectivity index (χ2n) is 4.12. The molecule has 0 amide bonds. The Kier molecular flexibility index (Phi) is 3.38. The summed E-state index contributed by atoms with van der Waals surface area (Å²) >= 11 is 0. The maximum Gasteiger partial charge on any atom is 0.0598 e. The Morgan fingerprint density at radius 3 is 2.55 bits per heavy atom. The average Bonchev–Trinajstić information content (AvgIpc) is 2.13. The van der Waals surface area contributed by atoms with Gasteiger partial charge in [-0.05, 0) is 31.1 Å². The molecule has 1 fully saturated rings. The standard InChI is InChI=1S/C10H20O/c1-8(2)10-5-4-9(3)6-7-11-10/h8-10H,4-7H2,1-3H3/t9-,10+/m0/s1. The predicted octanol–water partition coefficient (Wildman–Crippen LogP) is 2.85. The topological polar surface area (TPSA) is 9.23 Å². The van der Waals surface area contributed by atoms with Crippen molar-refractivity contribution in [1.82, 2.24) is 0 Å². The fraction of sp³-hybridized carbons (Fsp3) is 1.00. The smallest absolute Gasteiger partial charge is 0.0598 e. The van der Waals surface area contributed by atoms with Crippen LogP contribution in [0.1, 0.15) is 40.0 Å². The normalized spacial score (nSPS) is 33.8. The minimum atomic E-state index is 0.528. The average molecular weight is 156 g/mol. The highest BCUT2D eigenvalue weighted by molar-refractivity contribution is 4.68. The summed E-state index contributed by atoms with van der Waals surface area (Å²) in [6.07, 6.45) is 4.39. The Morgan fingerprint density at radius 2 is 1.91 bits per heavy atom. The van der Waals surface area contributed by atoms with Crippen LogP contribution in [0, 0.1) is 11.8 Å². The van der Waals surface area contributed by atoms with E-state index in [-0.39, 0.29) is 0 Å². The molecule has 11 heavy (non-hydrogen) atoms. The fourth-order valence-electron chi connectivity index (χ4n) is 1.62. The van der Waals surface area contributed by atoms with Crippen molar-refractivity contribution in [2.24, 2.45) is 11.8 Å². The van der Waals surface area contributed by atoms with Gasteiger partial charge in [-0.15, -0.1) is 0 Å². The van der Waals surface area contributed by atoms with Crippen molar-refractivity contribution in [3.63, 3.8) is 0 Å². The van der Waals surface area contributed by atoms with Crippen molar-refractivity contribution in [1.29, 1.82) is 0 Å². The zero-order valence-corrected chi connectivity index (χ0v) is 7.97. The van der Waals surface area contributed by atoms with Crippen molar-refractivity contribution in [2.75, 3.05) is 6.61 Å². The quantitative estimate of drug-likeness (QED) is 0.567. The summed E-state index contributed by atoms with van der Waals surface area (Å²) in [4.78, 5) is 0. The zero-order valence-electron chi connectivity index (χ0n) is 7.97. The van der Waals surface area contributed by atoms with Crippen LogP contribution >= 0.6 is 0 Å². The van der Waals surface area contributed by atoms with E-state index in [1.165, 1.54) is 19.3 Å². The lowest BCUT2D eigenvalue weighted by Crippen LogP contribution is -2.18. The van der Waals surface area contributed by atoms with E-state index in [1.807, 2.05) is 0 Å². The number of ether oxygens (including phenoxy) is 1. The molecule has 1 saturated heterocycles. The summed E-state index contributed by atoms with van der Waals surface area (Å²) in [5.74, 6) is 1.57. The van der Waals surface area contributed by atoms with Crippen LogP contribution in [-0.4, -0.2) is 12.7 Å². The highest BCUT2D eigenvalue weighted by atomic mass is 16.5. The van der Waals surface area contributed by atoms with Crippen LogP contribution in [0.4, 0.5) is 0 Å². The van der Waals surface area contributed by atoms with Gasteiger partial charge in [0.2, 0.25) is 0 Å². The Bertz CT molecular complexity index is 109. The number of rotatable bonds is 1. The maximum atomic E-state index is 5.73. The summed E-state index contributed by atoms with van der Waals surface area (Å²) in [6, 6.07) is 0. The van der Waals surface area contributed by atoms with E-state index in [0.717, 1.165) is 12.5 Å². The molecule has 0 unspecified atom stereocenters. The van der Waals surface area contributed by atoms with Crippen molar-refractivity contribution in [3.05, 3.63) is 0 Å². The van der Waals surface area contributed by atoms with Gasteiger partial charge < -0.3 is 4.74 Å². The van der Waals surface area contributed by atoms with Gasteiger partial charge in [0, 0.05) is 6.61 Å². The molecule has 1 aliphatic rings. The molecule has 0 aromatic rings. The largest absolute Gasteiger partial charge is 0.378 e. The highest BCUT2D eigenvalue weighted by Crippen LogP contribution is 2.22. The van der Waals surface area contributed by atoms with Gasteiger partial charge in [-0.3, -0.25) is 0 Å². The van der Waals surface area contributed by atoms with E-state index in [2.05, 4.69) is 20.8 Å². The van der Waals surface area contributed by atoms with Gasteiger partial charge in [0.05, 0.1) is 6.10 Å². The SMILES string of the molecule is CC(C)[C@H]1CC[C@H](C)CCO1. The van der Waals surface area contributed by atoms with Crippen LogP contribution in [0.5, 0.6) is 0 Å². The first kappa shape index (κ1) is 9.05. The summed E-state index contributed by atoms with van der Waals surface area (Å²) < 4.78 is 5.73. The van der Waals surface area contributed by atoms with Crippen LogP contribution in [0.15, 0.2) is 0 Å². The molecular weight excluding hydrogens is 136 g/mol. The van der Waals surface area contributed by atoms with Crippen molar-refractivity contribution < 1.29 is 4.74 Å². The van der Waals surface area contributed by atoms with Crippen molar-refractivity contribution >= 4 is 0 Å². The lowest BCUT2D eigenvalue weighted by atomic mass is 9.97. The molecule has 1 rings (SSSR count). The Hall–Kier alpha value is -0.0400. The lowest BCUT2D eigenvalue weighted by molar-refractivity contribution is 0.0269. The van der Waals surface area contributed by atoms with Gasteiger partial charge in [-0.1, -0.05) is 20.8 Å². The first-order valence-corrected chi connectivity index (χ1v) is 4.81. The third-order valence-corrected chi connectivity index (χ3v) is 2.63. The predicted molar refractivity (Wildman–Crippen MR) is 47.6 cm³/mol. The van der Waals surface area contributed by atoms with Crippen LogP contribution in [0.3, 0.4) is 0 Å². The van der Waals surface area contributed by atoms with Gasteiger partial charge in [0.25, 0.3) is 0 Å². The maximum absolute atomic E-state index is 5.73. The summed E-state index contributed by atoms with van der Waals surface area (Å²) in [6.45, 7) is 7.80. The fourth-order valence-corrected chi connectivity index (χ4v) is 1.62. The lowest BCUT2D eigenvalue weighted by Gasteiger charge is -2.18. The molecule has 0 bridgehead atoms. The van der Waals surface area contributed by atoms with Crippen LogP contribution in [0.2, 0.25) is 0 Å². The molecule has 2 atom stereocenters. The van der Waals surface area contributed by atoms with E-state index < -0.39 is 0 Å². The highest BCUT2D eigenvalue weighted by Gasteiger charge is 2.18. The third kappa shape index (κ3) is 2.82. The van der Waals surface area contributed by atoms with Crippen LogP contribution < -0.4 is 0 Å². The molecular formula is C10H20O. The Morgan fingerprint density at radius 1 is 1.18 bits per heavy atom.